The Hall–Kier alpha value is -2.82. The number of carbonyl (C=O) groups is 1. The standard InChI is InChI=1S/C20H22N2O4S/c1-5-11-21-27(24,25)18-8-6-7-16(13-18)20(23)22(3)14-17-12-15(2)9-10-19(17)26-4/h1,6-10,12-13,21H,11,14H2,2-4H3. The Morgan fingerprint density at radius 3 is 2.67 bits per heavy atom. The molecule has 0 spiro atoms. The number of hydrogen-bond donors (Lipinski definition) is 1. The zero-order valence-corrected chi connectivity index (χ0v) is 16.3. The summed E-state index contributed by atoms with van der Waals surface area (Å²) in [6, 6.07) is 11.6. The molecule has 7 heteroatoms. The molecule has 142 valence electrons. The number of aryl methyl sites for hydroxylation is 1. The number of hydrogen-bond acceptors (Lipinski definition) is 4. The van der Waals surface area contributed by atoms with Crippen LogP contribution in [0, 0.1) is 19.3 Å². The van der Waals surface area contributed by atoms with E-state index in [4.69, 9.17) is 11.2 Å². The van der Waals surface area contributed by atoms with Gasteiger partial charge in [-0.2, -0.15) is 4.72 Å². The van der Waals surface area contributed by atoms with Crippen molar-refractivity contribution in [3.8, 4) is 18.1 Å². The van der Waals surface area contributed by atoms with Crippen LogP contribution in [-0.4, -0.2) is 39.9 Å². The highest BCUT2D eigenvalue weighted by molar-refractivity contribution is 7.89. The zero-order valence-electron chi connectivity index (χ0n) is 15.5. The van der Waals surface area contributed by atoms with E-state index in [1.54, 1.807) is 20.2 Å². The van der Waals surface area contributed by atoms with E-state index in [2.05, 4.69) is 10.6 Å². The Labute approximate surface area is 160 Å². The lowest BCUT2D eigenvalue weighted by Crippen LogP contribution is -2.27. The molecular weight excluding hydrogens is 364 g/mol. The quantitative estimate of drug-likeness (QED) is 0.740. The minimum atomic E-state index is -3.76. The highest BCUT2D eigenvalue weighted by Gasteiger charge is 2.18. The van der Waals surface area contributed by atoms with Crippen molar-refractivity contribution in [1.82, 2.24) is 9.62 Å². The molecule has 0 aromatic heterocycles. The molecule has 0 aliphatic rings. The van der Waals surface area contributed by atoms with Gasteiger partial charge in [-0.15, -0.1) is 6.42 Å². The molecule has 2 aromatic rings. The fraction of sp³-hybridized carbons (Fsp3) is 0.250. The van der Waals surface area contributed by atoms with Crippen molar-refractivity contribution in [3.05, 3.63) is 59.2 Å². The van der Waals surface area contributed by atoms with Crippen LogP contribution >= 0.6 is 0 Å². The third-order valence-corrected chi connectivity index (χ3v) is 5.34. The van der Waals surface area contributed by atoms with E-state index in [0.29, 0.717) is 12.3 Å². The van der Waals surface area contributed by atoms with Gasteiger partial charge in [0.1, 0.15) is 5.75 Å². The van der Waals surface area contributed by atoms with E-state index >= 15 is 0 Å². The van der Waals surface area contributed by atoms with Gasteiger partial charge in [0.15, 0.2) is 0 Å². The lowest BCUT2D eigenvalue weighted by molar-refractivity contribution is 0.0784. The fourth-order valence-corrected chi connectivity index (χ4v) is 3.57. The second kappa shape index (κ2) is 8.71. The molecule has 0 saturated carbocycles. The molecule has 0 aliphatic carbocycles. The number of amides is 1. The predicted molar refractivity (Wildman–Crippen MR) is 104 cm³/mol. The Morgan fingerprint density at radius 2 is 2.00 bits per heavy atom. The van der Waals surface area contributed by atoms with E-state index in [-0.39, 0.29) is 22.9 Å². The van der Waals surface area contributed by atoms with Gasteiger partial charge in [0.05, 0.1) is 18.6 Å². The maximum Gasteiger partial charge on any atom is 0.253 e. The summed E-state index contributed by atoms with van der Waals surface area (Å²) in [5, 5.41) is 0. The molecule has 0 heterocycles. The number of rotatable bonds is 7. The second-order valence-electron chi connectivity index (χ2n) is 6.03. The van der Waals surface area contributed by atoms with Crippen LogP contribution in [0.4, 0.5) is 0 Å². The highest BCUT2D eigenvalue weighted by atomic mass is 32.2. The van der Waals surface area contributed by atoms with Gasteiger partial charge in [-0.05, 0) is 31.2 Å². The molecule has 1 N–H and O–H groups in total. The number of nitrogens with zero attached hydrogens (tertiary/aromatic N) is 1. The van der Waals surface area contributed by atoms with E-state index in [1.165, 1.54) is 23.1 Å². The van der Waals surface area contributed by atoms with Crippen molar-refractivity contribution >= 4 is 15.9 Å². The SMILES string of the molecule is C#CCNS(=O)(=O)c1cccc(C(=O)N(C)Cc2cc(C)ccc2OC)c1. The normalized spacial score (nSPS) is 10.9. The minimum absolute atomic E-state index is 0.00913. The van der Waals surface area contributed by atoms with Crippen LogP contribution in [0.5, 0.6) is 5.75 Å². The van der Waals surface area contributed by atoms with Crippen molar-refractivity contribution in [1.29, 1.82) is 0 Å². The monoisotopic (exact) mass is 386 g/mol. The fourth-order valence-electron chi connectivity index (χ4n) is 2.59. The molecule has 0 bridgehead atoms. The molecule has 0 radical (unpaired) electrons. The summed E-state index contributed by atoms with van der Waals surface area (Å²) >= 11 is 0. The molecule has 2 rings (SSSR count). The average molecular weight is 386 g/mol. The molecule has 0 saturated heterocycles. The summed E-state index contributed by atoms with van der Waals surface area (Å²) in [7, 11) is -0.531. The predicted octanol–water partition coefficient (Wildman–Crippen LogP) is 2.19. The first kappa shape index (κ1) is 20.5. The molecule has 0 fully saturated rings. The van der Waals surface area contributed by atoms with Crippen molar-refractivity contribution in [2.45, 2.75) is 18.4 Å². The first-order valence-corrected chi connectivity index (χ1v) is 9.69. The first-order chi connectivity index (χ1) is 12.8. The molecule has 2 aromatic carbocycles. The van der Waals surface area contributed by atoms with Crippen LogP contribution in [0.3, 0.4) is 0 Å². The van der Waals surface area contributed by atoms with Crippen molar-refractivity contribution < 1.29 is 17.9 Å². The Morgan fingerprint density at radius 1 is 1.26 bits per heavy atom. The van der Waals surface area contributed by atoms with E-state index in [9.17, 15) is 13.2 Å². The van der Waals surface area contributed by atoms with Crippen LogP contribution in [0.25, 0.3) is 0 Å². The van der Waals surface area contributed by atoms with E-state index in [1.807, 2.05) is 25.1 Å². The molecule has 0 unspecified atom stereocenters. The largest absolute Gasteiger partial charge is 0.496 e. The second-order valence-corrected chi connectivity index (χ2v) is 7.80. The third kappa shape index (κ3) is 5.09. The van der Waals surface area contributed by atoms with Crippen molar-refractivity contribution in [3.63, 3.8) is 0 Å². The van der Waals surface area contributed by atoms with Gasteiger partial charge in [0.25, 0.3) is 5.91 Å². The van der Waals surface area contributed by atoms with Gasteiger partial charge in [-0.1, -0.05) is 29.7 Å². The molecule has 6 nitrogen and oxygen atoms in total. The molecule has 27 heavy (non-hydrogen) atoms. The van der Waals surface area contributed by atoms with Gasteiger partial charge in [-0.25, -0.2) is 8.42 Å². The smallest absolute Gasteiger partial charge is 0.253 e. The number of nitrogens with one attached hydrogen (secondary N) is 1. The first-order valence-electron chi connectivity index (χ1n) is 8.20. The number of terminal acetylenes is 1. The van der Waals surface area contributed by atoms with Gasteiger partial charge >= 0.3 is 0 Å². The van der Waals surface area contributed by atoms with Crippen LogP contribution in [0.2, 0.25) is 0 Å². The summed E-state index contributed by atoms with van der Waals surface area (Å²) < 4.78 is 32.0. The van der Waals surface area contributed by atoms with Crippen LogP contribution in [0.15, 0.2) is 47.4 Å². The van der Waals surface area contributed by atoms with Crippen LogP contribution in [0.1, 0.15) is 21.5 Å². The van der Waals surface area contributed by atoms with Crippen molar-refractivity contribution in [2.75, 3.05) is 20.7 Å². The van der Waals surface area contributed by atoms with E-state index < -0.39 is 10.0 Å². The highest BCUT2D eigenvalue weighted by Crippen LogP contribution is 2.22. The average Bonchev–Trinajstić information content (AvgIpc) is 2.66. The maximum absolute atomic E-state index is 12.8. The lowest BCUT2D eigenvalue weighted by atomic mass is 10.1. The number of carbonyl (C=O) groups excluding carboxylic acids is 1. The van der Waals surface area contributed by atoms with Crippen molar-refractivity contribution in [2.24, 2.45) is 0 Å². The number of ether oxygens (including phenoxy) is 1. The van der Waals surface area contributed by atoms with Crippen LogP contribution < -0.4 is 9.46 Å². The number of methoxy groups -OCH3 is 1. The number of benzene rings is 2. The summed E-state index contributed by atoms with van der Waals surface area (Å²) in [5.74, 6) is 2.61. The summed E-state index contributed by atoms with van der Waals surface area (Å²) in [6.45, 7) is 2.17. The molecule has 0 aliphatic heterocycles. The Balaban J connectivity index is 2.24. The molecule has 0 atom stereocenters. The molecule has 1 amide bonds. The van der Waals surface area contributed by atoms with E-state index in [0.717, 1.165) is 11.1 Å². The topological polar surface area (TPSA) is 75.7 Å². The molecular formula is C20H22N2O4S. The van der Waals surface area contributed by atoms with Gasteiger partial charge in [0.2, 0.25) is 10.0 Å². The third-order valence-electron chi connectivity index (χ3n) is 3.95. The van der Waals surface area contributed by atoms with Gasteiger partial charge in [0, 0.05) is 24.7 Å². The zero-order chi connectivity index (χ0) is 20.0. The number of sulfonamides is 1. The van der Waals surface area contributed by atoms with Crippen LogP contribution in [-0.2, 0) is 16.6 Å². The Bertz CT molecular complexity index is 978. The lowest BCUT2D eigenvalue weighted by Gasteiger charge is -2.19. The minimum Gasteiger partial charge on any atom is -0.496 e. The van der Waals surface area contributed by atoms with Gasteiger partial charge in [-0.3, -0.25) is 4.79 Å². The van der Waals surface area contributed by atoms with Gasteiger partial charge < -0.3 is 9.64 Å². The summed E-state index contributed by atoms with van der Waals surface area (Å²) in [4.78, 5) is 14.3. The summed E-state index contributed by atoms with van der Waals surface area (Å²) in [5.41, 5.74) is 2.19. The Kier molecular flexibility index (Phi) is 6.61. The summed E-state index contributed by atoms with van der Waals surface area (Å²) in [6.07, 6.45) is 5.09. The maximum atomic E-state index is 12.8.